The van der Waals surface area contributed by atoms with Crippen molar-refractivity contribution in [2.75, 3.05) is 0 Å². The van der Waals surface area contributed by atoms with E-state index in [9.17, 15) is 24.5 Å². The summed E-state index contributed by atoms with van der Waals surface area (Å²) in [6.45, 7) is -3.56. The van der Waals surface area contributed by atoms with Crippen molar-refractivity contribution in [2.24, 2.45) is 0 Å². The van der Waals surface area contributed by atoms with Crippen LogP contribution < -0.4 is 15.9 Å². The number of nitro groups is 1. The number of carbonyl (C=O) groups excluding carboxylic acids is 3. The van der Waals surface area contributed by atoms with Crippen LogP contribution in [-0.4, -0.2) is 38.3 Å². The summed E-state index contributed by atoms with van der Waals surface area (Å²) < 4.78 is 5.97. The summed E-state index contributed by atoms with van der Waals surface area (Å²) in [5, 5.41) is 14.1. The molecule has 10 heteroatoms. The highest BCUT2D eigenvalue weighted by atomic mass is 32.2. The van der Waals surface area contributed by atoms with E-state index in [2.05, 4.69) is 0 Å². The molecule has 1 fully saturated rings. The van der Waals surface area contributed by atoms with Crippen molar-refractivity contribution >= 4 is 62.7 Å². The fourth-order valence-electron chi connectivity index (χ4n) is 5.98. The van der Waals surface area contributed by atoms with Gasteiger partial charge in [0.2, 0.25) is 5.91 Å². The molecular weight excluding hydrogens is 643 g/mol. The SMILES string of the molecule is O=C(CC1CC(=O)N1C(C(=O)OCc1ccccc1[N+](=O)[O-])=P(c1ccccc1)(c1ccccc1)c1ccccc1)Sc1ccccc1. The monoisotopic (exact) mass is 674 g/mol. The third-order valence-electron chi connectivity index (χ3n) is 8.13. The first-order chi connectivity index (χ1) is 23.4. The zero-order valence-electron chi connectivity index (χ0n) is 25.8. The first-order valence-electron chi connectivity index (χ1n) is 15.3. The highest BCUT2D eigenvalue weighted by Gasteiger charge is 2.47. The van der Waals surface area contributed by atoms with Crippen molar-refractivity contribution in [1.82, 2.24) is 4.90 Å². The quantitative estimate of drug-likeness (QED) is 0.0418. The number of thioether (sulfide) groups is 1. The van der Waals surface area contributed by atoms with Gasteiger partial charge >= 0.3 is 5.97 Å². The van der Waals surface area contributed by atoms with Gasteiger partial charge in [-0.25, -0.2) is 4.79 Å². The second kappa shape index (κ2) is 14.7. The lowest BCUT2D eigenvalue weighted by atomic mass is 9.99. The Morgan fingerprint density at radius 2 is 1.23 bits per heavy atom. The second-order valence-electron chi connectivity index (χ2n) is 11.1. The summed E-state index contributed by atoms with van der Waals surface area (Å²) in [5.74, 6) is -1.08. The van der Waals surface area contributed by atoms with E-state index in [1.165, 1.54) is 17.0 Å². The van der Waals surface area contributed by atoms with Crippen LogP contribution in [0, 0.1) is 10.1 Å². The number of hydrogen-bond donors (Lipinski definition) is 0. The van der Waals surface area contributed by atoms with Crippen LogP contribution in [0.15, 0.2) is 150 Å². The molecule has 1 amide bonds. The highest BCUT2D eigenvalue weighted by Crippen LogP contribution is 2.49. The van der Waals surface area contributed by atoms with Gasteiger partial charge in [-0.3, -0.25) is 19.7 Å². The number of ether oxygens (including phenoxy) is 1. The molecule has 8 nitrogen and oxygen atoms in total. The van der Waals surface area contributed by atoms with E-state index in [1.807, 2.05) is 121 Å². The standard InChI is InChI=1S/C38H31N2O6PS/c41-35-25-29(26-36(42)48-33-22-11-4-12-23-33)39(35)37(38(43)46-27-28-15-13-14-24-34(28)40(44)45)47(30-16-5-1-6-17-30,31-18-7-2-8-19-31)32-20-9-3-10-21-32/h1-24,29H,25-27H2. The molecule has 0 bridgehead atoms. The summed E-state index contributed by atoms with van der Waals surface area (Å²) in [6, 6.07) is 43.4. The van der Waals surface area contributed by atoms with Gasteiger partial charge in [-0.1, -0.05) is 133 Å². The summed E-state index contributed by atoms with van der Waals surface area (Å²) >= 11 is 1.10. The Balaban J connectivity index is 1.56. The number of rotatable bonds is 11. The minimum Gasteiger partial charge on any atom is -0.456 e. The Bertz CT molecular complexity index is 1900. The molecule has 0 aromatic heterocycles. The maximum atomic E-state index is 14.8. The van der Waals surface area contributed by atoms with Crippen molar-refractivity contribution in [3.63, 3.8) is 0 Å². The molecule has 1 unspecified atom stereocenters. The fraction of sp³-hybridized carbons (Fsp3) is 0.105. The van der Waals surface area contributed by atoms with Gasteiger partial charge in [0.05, 0.1) is 16.5 Å². The van der Waals surface area contributed by atoms with Gasteiger partial charge in [0, 0.05) is 30.7 Å². The molecule has 5 aromatic carbocycles. The van der Waals surface area contributed by atoms with Crippen LogP contribution in [-0.2, 0) is 25.7 Å². The number of esters is 1. The predicted octanol–water partition coefficient (Wildman–Crippen LogP) is 6.07. The van der Waals surface area contributed by atoms with Crippen LogP contribution >= 0.6 is 18.6 Å². The Morgan fingerprint density at radius 3 is 1.73 bits per heavy atom. The van der Waals surface area contributed by atoms with Gasteiger partial charge in [-0.15, -0.1) is 0 Å². The van der Waals surface area contributed by atoms with Crippen LogP contribution in [0.25, 0.3) is 0 Å². The predicted molar refractivity (Wildman–Crippen MR) is 190 cm³/mol. The third kappa shape index (κ3) is 6.61. The Morgan fingerprint density at radius 1 is 0.750 bits per heavy atom. The van der Waals surface area contributed by atoms with E-state index in [4.69, 9.17) is 4.74 Å². The van der Waals surface area contributed by atoms with Crippen LogP contribution in [0.4, 0.5) is 5.69 Å². The van der Waals surface area contributed by atoms with Crippen molar-refractivity contribution in [1.29, 1.82) is 0 Å². The summed E-state index contributed by atoms with van der Waals surface area (Å²) in [7, 11) is 0. The molecule has 240 valence electrons. The smallest absolute Gasteiger partial charge is 0.356 e. The molecule has 0 radical (unpaired) electrons. The molecule has 1 aliphatic heterocycles. The Kier molecular flexibility index (Phi) is 9.99. The molecular formula is C38H31N2O6PS. The molecule has 0 saturated carbocycles. The van der Waals surface area contributed by atoms with E-state index in [0.29, 0.717) is 0 Å². The number of amides is 1. The molecule has 0 spiro atoms. The van der Waals surface area contributed by atoms with Crippen LogP contribution in [0.2, 0.25) is 0 Å². The maximum absolute atomic E-state index is 14.8. The van der Waals surface area contributed by atoms with Crippen molar-refractivity contribution in [2.45, 2.75) is 30.4 Å². The molecule has 6 rings (SSSR count). The molecule has 1 heterocycles. The number of para-hydroxylation sites is 1. The molecule has 48 heavy (non-hydrogen) atoms. The first kappa shape index (κ1) is 32.7. The zero-order valence-corrected chi connectivity index (χ0v) is 27.5. The Labute approximate surface area is 282 Å². The minimum atomic E-state index is -3.18. The molecule has 0 aliphatic carbocycles. The average Bonchev–Trinajstić information content (AvgIpc) is 3.12. The molecule has 5 aromatic rings. The van der Waals surface area contributed by atoms with Crippen LogP contribution in [0.5, 0.6) is 0 Å². The number of nitro benzene ring substituents is 1. The summed E-state index contributed by atoms with van der Waals surface area (Å²) in [6.07, 6.45) is 0.102. The lowest BCUT2D eigenvalue weighted by Gasteiger charge is -2.45. The normalized spacial score (nSPS) is 14.1. The molecule has 0 N–H and O–H groups in total. The van der Waals surface area contributed by atoms with Gasteiger partial charge in [0.25, 0.3) is 5.69 Å². The van der Waals surface area contributed by atoms with E-state index in [0.717, 1.165) is 32.6 Å². The molecule has 1 saturated heterocycles. The topological polar surface area (TPSA) is 107 Å². The average molecular weight is 675 g/mol. The van der Waals surface area contributed by atoms with E-state index >= 15 is 0 Å². The lowest BCUT2D eigenvalue weighted by Crippen LogP contribution is -2.60. The van der Waals surface area contributed by atoms with Crippen LogP contribution in [0.3, 0.4) is 0 Å². The first-order valence-corrected chi connectivity index (χ1v) is 17.9. The molecule has 1 atom stereocenters. The van der Waals surface area contributed by atoms with Gasteiger partial charge in [-0.2, -0.15) is 0 Å². The number of likely N-dealkylation sites (tertiary alicyclic amines) is 1. The fourth-order valence-corrected chi connectivity index (χ4v) is 11.2. The van der Waals surface area contributed by atoms with Crippen molar-refractivity contribution in [3.8, 4) is 0 Å². The molecule has 1 aliphatic rings. The van der Waals surface area contributed by atoms with Crippen LogP contribution in [0.1, 0.15) is 18.4 Å². The number of β-lactam (4-membered cyclic amide) rings is 1. The van der Waals surface area contributed by atoms with E-state index < -0.39 is 23.8 Å². The van der Waals surface area contributed by atoms with Gasteiger partial charge in [-0.05, 0) is 34.1 Å². The maximum Gasteiger partial charge on any atom is 0.356 e. The highest BCUT2D eigenvalue weighted by molar-refractivity contribution is 8.13. The third-order valence-corrected chi connectivity index (χ3v) is 13.3. The number of hydrogen-bond acceptors (Lipinski definition) is 7. The number of nitrogens with zero attached hydrogens (tertiary/aromatic N) is 2. The van der Waals surface area contributed by atoms with Crippen molar-refractivity contribution in [3.05, 3.63) is 161 Å². The summed E-state index contributed by atoms with van der Waals surface area (Å²) in [5.41, 5.74) is 0.172. The van der Waals surface area contributed by atoms with Crippen molar-refractivity contribution < 1.29 is 24.0 Å². The largest absolute Gasteiger partial charge is 0.456 e. The number of benzene rings is 5. The second-order valence-corrected chi connectivity index (χ2v) is 15.5. The van der Waals surface area contributed by atoms with Gasteiger partial charge in [0.1, 0.15) is 12.0 Å². The zero-order chi connectivity index (χ0) is 33.5. The minimum absolute atomic E-state index is 0.0185. The van der Waals surface area contributed by atoms with E-state index in [1.54, 1.807) is 12.1 Å². The lowest BCUT2D eigenvalue weighted by molar-refractivity contribution is -0.385. The van der Waals surface area contributed by atoms with Gasteiger partial charge < -0.3 is 9.64 Å². The van der Waals surface area contributed by atoms with Gasteiger partial charge in [0.15, 0.2) is 5.12 Å². The summed E-state index contributed by atoms with van der Waals surface area (Å²) in [4.78, 5) is 55.5. The Hall–Kier alpha value is -5.24. The number of carbonyl (C=O) groups is 3. The van der Waals surface area contributed by atoms with E-state index in [-0.39, 0.29) is 47.1 Å².